The molecule has 0 saturated carbocycles. The van der Waals surface area contributed by atoms with Crippen LogP contribution in [0.4, 0.5) is 5.69 Å². The number of anilines is 1. The lowest BCUT2D eigenvalue weighted by molar-refractivity contribution is -0.147. The number of methoxy groups -OCH3 is 1. The average molecular weight is 362 g/mol. The van der Waals surface area contributed by atoms with E-state index < -0.39 is 0 Å². The molecule has 0 spiro atoms. The van der Waals surface area contributed by atoms with Gasteiger partial charge in [-0.2, -0.15) is 0 Å². The number of nitrogens with zero attached hydrogens (tertiary/aromatic N) is 1. The van der Waals surface area contributed by atoms with Gasteiger partial charge in [0.25, 0.3) is 0 Å². The number of rotatable bonds is 7. The quantitative estimate of drug-likeness (QED) is 0.748. The second-order valence-corrected chi connectivity index (χ2v) is 6.34. The fraction of sp³-hybridized carbons (Fsp3) is 0.526. The third-order valence-electron chi connectivity index (χ3n) is 4.33. The van der Waals surface area contributed by atoms with E-state index in [1.807, 2.05) is 11.8 Å². The van der Waals surface area contributed by atoms with Crippen molar-refractivity contribution in [1.82, 2.24) is 4.90 Å². The van der Waals surface area contributed by atoms with Crippen LogP contribution >= 0.6 is 0 Å². The van der Waals surface area contributed by atoms with Gasteiger partial charge >= 0.3 is 11.9 Å². The molecule has 1 aliphatic heterocycles. The van der Waals surface area contributed by atoms with Crippen molar-refractivity contribution < 1.29 is 23.9 Å². The molecule has 1 saturated heterocycles. The molecule has 7 heteroatoms. The number of nitrogens with one attached hydrogen (secondary N) is 1. The molecule has 1 aliphatic rings. The van der Waals surface area contributed by atoms with Crippen LogP contribution in [0.5, 0.6) is 0 Å². The zero-order chi connectivity index (χ0) is 18.9. The molecule has 1 N–H and O–H groups in total. The highest BCUT2D eigenvalue weighted by Crippen LogP contribution is 2.18. The Morgan fingerprint density at radius 3 is 2.38 bits per heavy atom. The second kappa shape index (κ2) is 9.91. The second-order valence-electron chi connectivity index (χ2n) is 6.34. The van der Waals surface area contributed by atoms with E-state index in [2.05, 4.69) is 5.32 Å². The van der Waals surface area contributed by atoms with Gasteiger partial charge in [0.15, 0.2) is 0 Å². The first-order valence-corrected chi connectivity index (χ1v) is 8.90. The predicted octanol–water partition coefficient (Wildman–Crippen LogP) is 2.08. The molecule has 0 aliphatic carbocycles. The van der Waals surface area contributed by atoms with Gasteiger partial charge in [-0.1, -0.05) is 6.92 Å². The Kier molecular flexibility index (Phi) is 7.59. The number of piperidine rings is 1. The molecule has 0 unspecified atom stereocenters. The van der Waals surface area contributed by atoms with Crippen molar-refractivity contribution in [2.45, 2.75) is 26.2 Å². The molecule has 26 heavy (non-hydrogen) atoms. The van der Waals surface area contributed by atoms with Gasteiger partial charge in [-0.3, -0.25) is 14.5 Å². The number of hydrogen-bond acceptors (Lipinski definition) is 6. The monoisotopic (exact) mass is 362 g/mol. The maximum Gasteiger partial charge on any atom is 0.338 e. The molecular weight excluding hydrogens is 336 g/mol. The Bertz CT molecular complexity index is 621. The normalized spacial score (nSPS) is 15.3. The van der Waals surface area contributed by atoms with Crippen LogP contribution in [0.3, 0.4) is 0 Å². The number of amides is 1. The molecule has 0 radical (unpaired) electrons. The van der Waals surface area contributed by atoms with Crippen molar-refractivity contribution in [1.29, 1.82) is 0 Å². The topological polar surface area (TPSA) is 84.9 Å². The van der Waals surface area contributed by atoms with E-state index in [-0.39, 0.29) is 30.3 Å². The summed E-state index contributed by atoms with van der Waals surface area (Å²) in [7, 11) is 1.40. The van der Waals surface area contributed by atoms with E-state index in [0.717, 1.165) is 6.42 Å². The van der Waals surface area contributed by atoms with Crippen LogP contribution < -0.4 is 5.32 Å². The molecule has 1 aromatic rings. The maximum atomic E-state index is 12.2. The summed E-state index contributed by atoms with van der Waals surface area (Å²) in [4.78, 5) is 37.5. The van der Waals surface area contributed by atoms with Crippen molar-refractivity contribution in [3.63, 3.8) is 0 Å². The van der Waals surface area contributed by atoms with E-state index in [9.17, 15) is 14.4 Å². The zero-order valence-corrected chi connectivity index (χ0v) is 15.3. The molecule has 1 amide bonds. The van der Waals surface area contributed by atoms with Crippen molar-refractivity contribution in [2.24, 2.45) is 5.92 Å². The highest BCUT2D eigenvalue weighted by molar-refractivity contribution is 5.94. The predicted molar refractivity (Wildman–Crippen MR) is 96.8 cm³/mol. The molecule has 0 bridgehead atoms. The van der Waals surface area contributed by atoms with Crippen LogP contribution in [0.25, 0.3) is 0 Å². The minimum atomic E-state index is -0.363. The van der Waals surface area contributed by atoms with Crippen molar-refractivity contribution in [3.8, 4) is 0 Å². The van der Waals surface area contributed by atoms with Gasteiger partial charge in [-0.05, 0) is 56.6 Å². The summed E-state index contributed by atoms with van der Waals surface area (Å²) in [5, 5.41) is 2.82. The lowest BCUT2D eigenvalue weighted by Crippen LogP contribution is -2.41. The molecule has 1 heterocycles. The minimum absolute atomic E-state index is 0.0701. The van der Waals surface area contributed by atoms with Crippen LogP contribution in [0.1, 0.15) is 36.5 Å². The summed E-state index contributed by atoms with van der Waals surface area (Å²) in [5.74, 6) is -0.730. The third-order valence-corrected chi connectivity index (χ3v) is 4.33. The molecular formula is C19H26N2O5. The Hall–Kier alpha value is -2.41. The SMILES string of the molecule is CCCOC(=O)c1ccc(NC(=O)CN2CCC(C(=O)OC)CC2)cc1. The van der Waals surface area contributed by atoms with E-state index >= 15 is 0 Å². The number of esters is 2. The van der Waals surface area contributed by atoms with Gasteiger partial charge in [0.1, 0.15) is 0 Å². The Labute approximate surface area is 153 Å². The molecule has 0 aromatic heterocycles. The molecule has 1 aromatic carbocycles. The van der Waals surface area contributed by atoms with E-state index in [4.69, 9.17) is 9.47 Å². The molecule has 7 nitrogen and oxygen atoms in total. The van der Waals surface area contributed by atoms with E-state index in [1.54, 1.807) is 24.3 Å². The van der Waals surface area contributed by atoms with Crippen LogP contribution in [-0.2, 0) is 19.1 Å². The Morgan fingerprint density at radius 1 is 1.15 bits per heavy atom. The summed E-state index contributed by atoms with van der Waals surface area (Å²) in [6, 6.07) is 6.64. The molecule has 0 atom stereocenters. The molecule has 2 rings (SSSR count). The first-order chi connectivity index (χ1) is 12.5. The average Bonchev–Trinajstić information content (AvgIpc) is 2.66. The number of hydrogen-bond donors (Lipinski definition) is 1. The minimum Gasteiger partial charge on any atom is -0.469 e. The lowest BCUT2D eigenvalue weighted by Gasteiger charge is -2.29. The summed E-state index contributed by atoms with van der Waals surface area (Å²) >= 11 is 0. The standard InChI is InChI=1S/C19H26N2O5/c1-3-12-26-19(24)14-4-6-16(7-5-14)20-17(22)13-21-10-8-15(9-11-21)18(23)25-2/h4-7,15H,3,8-13H2,1-2H3,(H,20,22). The van der Waals surface area contributed by atoms with E-state index in [1.165, 1.54) is 7.11 Å². The number of carbonyl (C=O) groups is 3. The lowest BCUT2D eigenvalue weighted by atomic mass is 9.97. The molecule has 1 fully saturated rings. The summed E-state index contributed by atoms with van der Waals surface area (Å²) in [5.41, 5.74) is 1.09. The van der Waals surface area contributed by atoms with Crippen molar-refractivity contribution in [3.05, 3.63) is 29.8 Å². The first kappa shape index (κ1) is 19.9. The van der Waals surface area contributed by atoms with Gasteiger partial charge < -0.3 is 14.8 Å². The van der Waals surface area contributed by atoms with Crippen LogP contribution in [0.2, 0.25) is 0 Å². The van der Waals surface area contributed by atoms with Gasteiger partial charge in [0, 0.05) is 5.69 Å². The highest BCUT2D eigenvalue weighted by Gasteiger charge is 2.26. The highest BCUT2D eigenvalue weighted by atomic mass is 16.5. The first-order valence-electron chi connectivity index (χ1n) is 8.90. The Morgan fingerprint density at radius 2 is 1.81 bits per heavy atom. The van der Waals surface area contributed by atoms with Crippen LogP contribution in [0, 0.1) is 5.92 Å². The summed E-state index contributed by atoms with van der Waals surface area (Å²) < 4.78 is 9.83. The van der Waals surface area contributed by atoms with Gasteiger partial charge in [0.05, 0.1) is 31.7 Å². The van der Waals surface area contributed by atoms with Crippen molar-refractivity contribution >= 4 is 23.5 Å². The summed E-state index contributed by atoms with van der Waals surface area (Å²) in [6.07, 6.45) is 2.18. The van der Waals surface area contributed by atoms with Crippen LogP contribution in [0.15, 0.2) is 24.3 Å². The third kappa shape index (κ3) is 5.84. The maximum absolute atomic E-state index is 12.2. The van der Waals surface area contributed by atoms with Gasteiger partial charge in [0.2, 0.25) is 5.91 Å². The Balaban J connectivity index is 1.78. The summed E-state index contributed by atoms with van der Waals surface area (Å²) in [6.45, 7) is 3.98. The molecule has 142 valence electrons. The number of ether oxygens (including phenoxy) is 2. The number of likely N-dealkylation sites (tertiary alicyclic amines) is 1. The van der Waals surface area contributed by atoms with Crippen molar-refractivity contribution in [2.75, 3.05) is 38.7 Å². The fourth-order valence-corrected chi connectivity index (χ4v) is 2.86. The van der Waals surface area contributed by atoms with Gasteiger partial charge in [-0.15, -0.1) is 0 Å². The smallest absolute Gasteiger partial charge is 0.338 e. The van der Waals surface area contributed by atoms with E-state index in [0.29, 0.717) is 43.8 Å². The van der Waals surface area contributed by atoms with Gasteiger partial charge in [-0.25, -0.2) is 4.79 Å². The number of carbonyl (C=O) groups excluding carboxylic acids is 3. The fourth-order valence-electron chi connectivity index (χ4n) is 2.86. The van der Waals surface area contributed by atoms with Crippen LogP contribution in [-0.4, -0.2) is 56.1 Å². The zero-order valence-electron chi connectivity index (χ0n) is 15.3. The largest absolute Gasteiger partial charge is 0.469 e. The number of benzene rings is 1.